The highest BCUT2D eigenvalue weighted by molar-refractivity contribution is 7.91. The molecule has 0 unspecified atom stereocenters. The fourth-order valence-electron chi connectivity index (χ4n) is 6.71. The highest BCUT2D eigenvalue weighted by atomic mass is 32.2. The van der Waals surface area contributed by atoms with Crippen molar-refractivity contribution in [1.29, 1.82) is 0 Å². The second-order valence-electron chi connectivity index (χ2n) is 13.6. The summed E-state index contributed by atoms with van der Waals surface area (Å²) in [7, 11) is -2.61. The number of aromatic nitrogens is 2. The standard InChI is InChI=1S/C32H38FN5O6S/c1-30(2,3)28-36-37-29(44-28)31-9-12-32(13-10-31,14-11-31)35-26(39)21-15-24-25(16-22(21)33)45(41,42)18-23(34)27(40)38(24)17-19-5-7-20(43-4)8-6-19/h5-8,15-16,23H,9-14,17-18,34H2,1-4H3,(H,35,39)/t23-,31?,32?/m0/s1. The van der Waals surface area contributed by atoms with Gasteiger partial charge in [-0.25, -0.2) is 12.8 Å². The van der Waals surface area contributed by atoms with Crippen LogP contribution in [0.4, 0.5) is 10.1 Å². The zero-order valence-electron chi connectivity index (χ0n) is 25.9. The predicted octanol–water partition coefficient (Wildman–Crippen LogP) is 3.94. The smallest absolute Gasteiger partial charge is 0.254 e. The Morgan fingerprint density at radius 1 is 1.11 bits per heavy atom. The number of halogens is 1. The first-order chi connectivity index (χ1) is 21.2. The molecule has 2 bridgehead atoms. The van der Waals surface area contributed by atoms with Gasteiger partial charge < -0.3 is 25.1 Å². The molecule has 1 atom stereocenters. The third-order valence-electron chi connectivity index (χ3n) is 9.55. The molecule has 3 aliphatic carbocycles. The monoisotopic (exact) mass is 639 g/mol. The van der Waals surface area contributed by atoms with Crippen molar-refractivity contribution in [1.82, 2.24) is 15.5 Å². The Kier molecular flexibility index (Phi) is 7.55. The molecule has 11 nitrogen and oxygen atoms in total. The average molecular weight is 640 g/mol. The molecule has 0 spiro atoms. The molecule has 0 radical (unpaired) electrons. The molecule has 240 valence electrons. The predicted molar refractivity (Wildman–Crippen MR) is 163 cm³/mol. The third-order valence-corrected chi connectivity index (χ3v) is 11.3. The van der Waals surface area contributed by atoms with E-state index in [1.165, 1.54) is 12.0 Å². The van der Waals surface area contributed by atoms with Gasteiger partial charge in [0.05, 0.1) is 41.6 Å². The number of ether oxygens (including phenoxy) is 1. The van der Waals surface area contributed by atoms with Crippen LogP contribution in [0.2, 0.25) is 0 Å². The molecule has 45 heavy (non-hydrogen) atoms. The number of hydrogen-bond acceptors (Lipinski definition) is 9. The van der Waals surface area contributed by atoms with E-state index in [2.05, 4.69) is 15.5 Å². The number of methoxy groups -OCH3 is 1. The van der Waals surface area contributed by atoms with Crippen molar-refractivity contribution in [3.8, 4) is 5.75 Å². The molecule has 3 saturated carbocycles. The van der Waals surface area contributed by atoms with Crippen LogP contribution in [0, 0.1) is 5.82 Å². The summed E-state index contributed by atoms with van der Waals surface area (Å²) in [6, 6.07) is 7.53. The summed E-state index contributed by atoms with van der Waals surface area (Å²) in [5.41, 5.74) is 5.19. The minimum absolute atomic E-state index is 0.0373. The van der Waals surface area contributed by atoms with E-state index in [1.54, 1.807) is 24.3 Å². The Hall–Kier alpha value is -3.84. The first-order valence-corrected chi connectivity index (χ1v) is 16.7. The Balaban J connectivity index is 1.28. The molecule has 2 heterocycles. The maximum atomic E-state index is 15.6. The zero-order chi connectivity index (χ0) is 32.4. The van der Waals surface area contributed by atoms with E-state index in [1.807, 2.05) is 20.8 Å². The normalized spacial score (nSPS) is 25.9. The van der Waals surface area contributed by atoms with Gasteiger partial charge in [-0.15, -0.1) is 10.2 Å². The van der Waals surface area contributed by atoms with Crippen molar-refractivity contribution in [3.63, 3.8) is 0 Å². The number of fused-ring (bicyclic) bond motifs is 4. The van der Waals surface area contributed by atoms with Crippen LogP contribution in [0.25, 0.3) is 0 Å². The molecular weight excluding hydrogens is 601 g/mol. The first-order valence-electron chi connectivity index (χ1n) is 15.1. The van der Waals surface area contributed by atoms with E-state index in [4.69, 9.17) is 14.9 Å². The molecule has 7 rings (SSSR count). The largest absolute Gasteiger partial charge is 0.497 e. The number of nitrogens with two attached hydrogens (primary N) is 1. The van der Waals surface area contributed by atoms with E-state index in [0.29, 0.717) is 42.4 Å². The first kappa shape index (κ1) is 31.2. The number of carbonyl (C=O) groups is 2. The molecular formula is C32H38FN5O6S. The van der Waals surface area contributed by atoms with Gasteiger partial charge in [0, 0.05) is 16.4 Å². The SMILES string of the molecule is COc1ccc(CN2C(=O)[C@@H](N)CS(=O)(=O)c3cc(F)c(C(=O)NC45CCC(c6nnc(C(C)(C)C)o6)(CC4)CC5)cc32)cc1. The van der Waals surface area contributed by atoms with E-state index in [-0.39, 0.29) is 33.5 Å². The highest BCUT2D eigenvalue weighted by Crippen LogP contribution is 2.53. The number of anilines is 1. The number of carbonyl (C=O) groups excluding carboxylic acids is 2. The minimum atomic E-state index is -4.14. The van der Waals surface area contributed by atoms with E-state index < -0.39 is 44.8 Å². The number of amides is 2. The van der Waals surface area contributed by atoms with Crippen LogP contribution in [-0.2, 0) is 32.0 Å². The van der Waals surface area contributed by atoms with Crippen molar-refractivity contribution >= 4 is 27.3 Å². The fraction of sp³-hybridized carbons (Fsp3) is 0.500. The maximum Gasteiger partial charge on any atom is 0.254 e. The molecule has 4 aliphatic rings. The quantitative estimate of drug-likeness (QED) is 0.408. The summed E-state index contributed by atoms with van der Waals surface area (Å²) < 4.78 is 53.4. The number of rotatable bonds is 6. The number of nitrogens with one attached hydrogen (secondary N) is 1. The molecule has 0 saturated heterocycles. The summed E-state index contributed by atoms with van der Waals surface area (Å²) >= 11 is 0. The van der Waals surface area contributed by atoms with Crippen LogP contribution < -0.4 is 20.7 Å². The van der Waals surface area contributed by atoms with E-state index in [0.717, 1.165) is 31.4 Å². The lowest BCUT2D eigenvalue weighted by molar-refractivity contribution is -0.119. The van der Waals surface area contributed by atoms with Gasteiger partial charge in [-0.3, -0.25) is 9.59 Å². The van der Waals surface area contributed by atoms with Gasteiger partial charge in [0.25, 0.3) is 5.91 Å². The van der Waals surface area contributed by atoms with Crippen molar-refractivity contribution in [2.45, 2.75) is 93.1 Å². The Bertz CT molecular complexity index is 1740. The van der Waals surface area contributed by atoms with E-state index in [9.17, 15) is 18.0 Å². The van der Waals surface area contributed by atoms with E-state index >= 15 is 4.39 Å². The van der Waals surface area contributed by atoms with Crippen molar-refractivity contribution in [2.75, 3.05) is 17.8 Å². The number of benzene rings is 2. The number of nitrogens with zero attached hydrogens (tertiary/aromatic N) is 3. The van der Waals surface area contributed by atoms with Gasteiger partial charge in [-0.1, -0.05) is 32.9 Å². The van der Waals surface area contributed by atoms with Crippen LogP contribution in [0.3, 0.4) is 0 Å². The van der Waals surface area contributed by atoms with Crippen LogP contribution in [0.15, 0.2) is 45.7 Å². The Morgan fingerprint density at radius 3 is 2.33 bits per heavy atom. The molecule has 3 aromatic rings. The minimum Gasteiger partial charge on any atom is -0.497 e. The number of sulfone groups is 1. The van der Waals surface area contributed by atoms with Gasteiger partial charge >= 0.3 is 0 Å². The van der Waals surface area contributed by atoms with Crippen molar-refractivity contribution in [3.05, 3.63) is 65.1 Å². The summed E-state index contributed by atoms with van der Waals surface area (Å²) in [6.45, 7) is 6.02. The van der Waals surface area contributed by atoms with Crippen LogP contribution in [0.5, 0.6) is 5.75 Å². The maximum absolute atomic E-state index is 15.6. The van der Waals surface area contributed by atoms with Gasteiger partial charge in [0.2, 0.25) is 17.7 Å². The van der Waals surface area contributed by atoms with Gasteiger partial charge in [-0.05, 0) is 68.4 Å². The second kappa shape index (κ2) is 10.9. The van der Waals surface area contributed by atoms with Crippen molar-refractivity contribution in [2.24, 2.45) is 5.73 Å². The molecule has 2 amide bonds. The van der Waals surface area contributed by atoms with Crippen LogP contribution in [0.1, 0.15) is 87.0 Å². The average Bonchev–Trinajstić information content (AvgIpc) is 3.51. The molecule has 1 aliphatic heterocycles. The fourth-order valence-corrected chi connectivity index (χ4v) is 8.28. The van der Waals surface area contributed by atoms with Crippen molar-refractivity contribution < 1.29 is 31.6 Å². The highest BCUT2D eigenvalue weighted by Gasteiger charge is 2.53. The van der Waals surface area contributed by atoms with Gasteiger partial charge in [-0.2, -0.15) is 0 Å². The van der Waals surface area contributed by atoms with Gasteiger partial charge in [0.15, 0.2) is 9.84 Å². The summed E-state index contributed by atoms with van der Waals surface area (Å²) in [5, 5.41) is 11.7. The lowest BCUT2D eigenvalue weighted by Gasteiger charge is -2.52. The second-order valence-corrected chi connectivity index (χ2v) is 15.6. The topological polar surface area (TPSA) is 158 Å². The summed E-state index contributed by atoms with van der Waals surface area (Å²) in [5.74, 6) is -1.15. The Morgan fingerprint density at radius 2 is 1.76 bits per heavy atom. The summed E-state index contributed by atoms with van der Waals surface area (Å²) in [6.07, 6.45) is 4.11. The molecule has 2 aromatic carbocycles. The molecule has 3 N–H and O–H groups in total. The third kappa shape index (κ3) is 5.60. The zero-order valence-corrected chi connectivity index (χ0v) is 26.7. The summed E-state index contributed by atoms with van der Waals surface area (Å²) in [4.78, 5) is 28.0. The lowest BCUT2D eigenvalue weighted by Crippen LogP contribution is -2.58. The lowest BCUT2D eigenvalue weighted by atomic mass is 9.57. The van der Waals surface area contributed by atoms with Gasteiger partial charge in [0.1, 0.15) is 11.6 Å². The van der Waals surface area contributed by atoms with Crippen LogP contribution >= 0.6 is 0 Å². The Labute approximate surface area is 261 Å². The van der Waals surface area contributed by atoms with Crippen LogP contribution in [-0.4, -0.2) is 54.9 Å². The molecule has 13 heteroatoms. The number of hydrogen-bond donors (Lipinski definition) is 2. The molecule has 1 aromatic heterocycles. The molecule has 3 fully saturated rings.